The van der Waals surface area contributed by atoms with Crippen molar-refractivity contribution < 1.29 is 18.3 Å². The zero-order valence-electron chi connectivity index (χ0n) is 18.4. The number of ether oxygens (including phenoxy) is 1. The molecule has 0 unspecified atom stereocenters. The highest BCUT2D eigenvalue weighted by Crippen LogP contribution is 2.30. The van der Waals surface area contributed by atoms with Gasteiger partial charge in [-0.1, -0.05) is 22.6 Å². The fourth-order valence-electron chi connectivity index (χ4n) is 3.58. The third kappa shape index (κ3) is 5.76. The number of aromatic nitrogens is 3. The number of hydrogen-bond donors (Lipinski definition) is 2. The topological polar surface area (TPSA) is 92.3 Å². The summed E-state index contributed by atoms with van der Waals surface area (Å²) in [6.45, 7) is 4.19. The number of anilines is 2. The highest BCUT2D eigenvalue weighted by molar-refractivity contribution is 14.1. The lowest BCUT2D eigenvalue weighted by Gasteiger charge is -2.34. The van der Waals surface area contributed by atoms with E-state index < -0.39 is 17.7 Å². The zero-order chi connectivity index (χ0) is 24.1. The molecule has 8 nitrogen and oxygen atoms in total. The second kappa shape index (κ2) is 11.0. The number of carbonyl (C=O) groups is 1. The highest BCUT2D eigenvalue weighted by atomic mass is 127. The van der Waals surface area contributed by atoms with E-state index in [1.54, 1.807) is 12.1 Å². The lowest BCUT2D eigenvalue weighted by atomic mass is 10.1. The first-order chi connectivity index (χ1) is 16.4. The molecular weight excluding hydrogens is 557 g/mol. The van der Waals surface area contributed by atoms with Crippen LogP contribution in [0.4, 0.5) is 25.1 Å². The number of rotatable bonds is 6. The van der Waals surface area contributed by atoms with Crippen LogP contribution in [0.1, 0.15) is 6.92 Å². The number of nitrogens with one attached hydrogen (secondary N) is 2. The molecule has 0 aliphatic carbocycles. The van der Waals surface area contributed by atoms with Gasteiger partial charge < -0.3 is 20.3 Å². The van der Waals surface area contributed by atoms with E-state index in [1.807, 2.05) is 6.92 Å². The van der Waals surface area contributed by atoms with Gasteiger partial charge in [0, 0.05) is 41.0 Å². The lowest BCUT2D eigenvalue weighted by Crippen LogP contribution is -2.44. The predicted molar refractivity (Wildman–Crippen MR) is 134 cm³/mol. The fraction of sp³-hybridized carbons (Fsp3) is 0.304. The Labute approximate surface area is 209 Å². The number of benzene rings is 1. The number of carbonyl (C=O) groups excluding carboxylic acids is 1. The van der Waals surface area contributed by atoms with Crippen LogP contribution >= 0.6 is 22.6 Å². The molecule has 0 radical (unpaired) electrons. The molecular formula is C23H23F2IN6O2. The van der Waals surface area contributed by atoms with Crippen molar-refractivity contribution >= 4 is 40.1 Å². The fourth-order valence-corrected chi connectivity index (χ4v) is 3.85. The summed E-state index contributed by atoms with van der Waals surface area (Å²) in [7, 11) is 0. The molecule has 34 heavy (non-hydrogen) atoms. The van der Waals surface area contributed by atoms with Crippen molar-refractivity contribution in [2.75, 3.05) is 40.9 Å². The third-order valence-corrected chi connectivity index (χ3v) is 5.76. The van der Waals surface area contributed by atoms with Crippen molar-refractivity contribution in [2.24, 2.45) is 0 Å². The first-order valence-corrected chi connectivity index (χ1v) is 12.2. The van der Waals surface area contributed by atoms with Crippen LogP contribution < -0.4 is 15.5 Å². The summed E-state index contributed by atoms with van der Waals surface area (Å²) in [5.74, 6) is -0.364. The molecule has 2 N–H and O–H groups in total. The van der Waals surface area contributed by atoms with Gasteiger partial charge in [0.1, 0.15) is 17.5 Å². The van der Waals surface area contributed by atoms with Crippen molar-refractivity contribution in [3.8, 4) is 22.6 Å². The number of nitrogens with zero attached hydrogens (tertiary/aromatic N) is 4. The summed E-state index contributed by atoms with van der Waals surface area (Å²) in [6.07, 6.45) is 2.61. The number of hydrogen-bond acceptors (Lipinski definition) is 6. The van der Waals surface area contributed by atoms with Crippen molar-refractivity contribution in [3.05, 3.63) is 54.4 Å². The molecule has 1 aliphatic heterocycles. The second-order valence-electron chi connectivity index (χ2n) is 7.71. The van der Waals surface area contributed by atoms with E-state index in [2.05, 4.69) is 53.1 Å². The van der Waals surface area contributed by atoms with Gasteiger partial charge in [-0.15, -0.1) is 0 Å². The molecule has 2 aromatic heterocycles. The quantitative estimate of drug-likeness (QED) is 0.335. The van der Waals surface area contributed by atoms with Crippen molar-refractivity contribution in [3.63, 3.8) is 0 Å². The Morgan fingerprint density at radius 2 is 2.09 bits per heavy atom. The van der Waals surface area contributed by atoms with Gasteiger partial charge in [-0.25, -0.2) is 23.5 Å². The lowest BCUT2D eigenvalue weighted by molar-refractivity contribution is 0.0985. The van der Waals surface area contributed by atoms with E-state index in [1.165, 1.54) is 24.4 Å². The van der Waals surface area contributed by atoms with Crippen LogP contribution in [0.3, 0.4) is 0 Å². The minimum absolute atomic E-state index is 0.0486. The Kier molecular flexibility index (Phi) is 7.83. The van der Waals surface area contributed by atoms with E-state index in [4.69, 9.17) is 4.74 Å². The number of morpholine rings is 1. The highest BCUT2D eigenvalue weighted by Gasteiger charge is 2.23. The van der Waals surface area contributed by atoms with E-state index in [9.17, 15) is 9.18 Å². The Balaban J connectivity index is 1.72. The molecule has 1 aliphatic rings. The molecule has 3 heterocycles. The van der Waals surface area contributed by atoms with E-state index in [0.717, 1.165) is 10.6 Å². The van der Waals surface area contributed by atoms with Crippen molar-refractivity contribution in [1.29, 1.82) is 0 Å². The molecule has 2 amide bonds. The minimum Gasteiger partial charge on any atom is -0.377 e. The molecule has 4 rings (SSSR count). The van der Waals surface area contributed by atoms with Crippen LogP contribution in [-0.2, 0) is 4.74 Å². The summed E-state index contributed by atoms with van der Waals surface area (Å²) in [6, 6.07) is 7.01. The Morgan fingerprint density at radius 1 is 1.24 bits per heavy atom. The summed E-state index contributed by atoms with van der Waals surface area (Å²) < 4.78 is 35.3. The maximum atomic E-state index is 15.1. The number of pyridine rings is 1. The monoisotopic (exact) mass is 580 g/mol. The van der Waals surface area contributed by atoms with Crippen LogP contribution in [0.15, 0.2) is 42.7 Å². The number of alkyl halides is 1. The number of urea groups is 1. The molecule has 1 atom stereocenters. The van der Waals surface area contributed by atoms with Crippen LogP contribution in [0, 0.1) is 11.6 Å². The van der Waals surface area contributed by atoms with Crippen LogP contribution in [0.25, 0.3) is 22.6 Å². The zero-order valence-corrected chi connectivity index (χ0v) is 20.6. The number of halogens is 3. The van der Waals surface area contributed by atoms with Gasteiger partial charge in [0.05, 0.1) is 36.7 Å². The predicted octanol–water partition coefficient (Wildman–Crippen LogP) is 4.27. The normalized spacial score (nSPS) is 15.8. The Bertz CT molecular complexity index is 1180. The van der Waals surface area contributed by atoms with E-state index >= 15 is 4.39 Å². The standard InChI is InChI=1S/C23H23F2IN6O2/c1-14-13-34-7-6-32(14)21-10-20(15-8-16(24)12-27-11-15)30-22(31-21)18-3-2-17(9-19(18)25)29-23(33)28-5-4-26/h2-3,8-12,14H,4-7,13H2,1H3,(H2,28,29,33)/t14-/m0/s1. The maximum Gasteiger partial charge on any atom is 0.319 e. The molecule has 178 valence electrons. The van der Waals surface area contributed by atoms with Gasteiger partial charge >= 0.3 is 6.03 Å². The summed E-state index contributed by atoms with van der Waals surface area (Å²) >= 11 is 2.14. The van der Waals surface area contributed by atoms with E-state index in [0.29, 0.717) is 49.1 Å². The summed E-state index contributed by atoms with van der Waals surface area (Å²) in [5.41, 5.74) is 1.34. The SMILES string of the molecule is C[C@H]1COCCN1c1cc(-c2cncc(F)c2)nc(-c2ccc(NC(=O)NCCI)cc2F)n1. The smallest absolute Gasteiger partial charge is 0.319 e. The van der Waals surface area contributed by atoms with Crippen molar-refractivity contribution in [2.45, 2.75) is 13.0 Å². The number of amides is 2. The van der Waals surface area contributed by atoms with Crippen molar-refractivity contribution in [1.82, 2.24) is 20.3 Å². The molecule has 1 fully saturated rings. The van der Waals surface area contributed by atoms with Gasteiger partial charge in [0.25, 0.3) is 0 Å². The van der Waals surface area contributed by atoms with Crippen LogP contribution in [0.5, 0.6) is 0 Å². The summed E-state index contributed by atoms with van der Waals surface area (Å²) in [5, 5.41) is 5.27. The third-order valence-electron chi connectivity index (χ3n) is 5.22. The summed E-state index contributed by atoms with van der Waals surface area (Å²) in [4.78, 5) is 27.0. The van der Waals surface area contributed by atoms with Crippen LogP contribution in [0.2, 0.25) is 0 Å². The Hall–Kier alpha value is -2.93. The average molecular weight is 580 g/mol. The molecule has 1 saturated heterocycles. The van der Waals surface area contributed by atoms with Gasteiger partial charge in [0.15, 0.2) is 5.82 Å². The van der Waals surface area contributed by atoms with Gasteiger partial charge in [-0.2, -0.15) is 0 Å². The van der Waals surface area contributed by atoms with Crippen LogP contribution in [-0.4, -0.2) is 57.8 Å². The molecule has 1 aromatic carbocycles. The average Bonchev–Trinajstić information content (AvgIpc) is 2.83. The molecule has 0 bridgehead atoms. The molecule has 11 heteroatoms. The maximum absolute atomic E-state index is 15.1. The molecule has 0 saturated carbocycles. The van der Waals surface area contributed by atoms with E-state index in [-0.39, 0.29) is 17.4 Å². The largest absolute Gasteiger partial charge is 0.377 e. The molecule has 3 aromatic rings. The van der Waals surface area contributed by atoms with Gasteiger partial charge in [0.2, 0.25) is 0 Å². The molecule has 0 spiro atoms. The second-order valence-corrected chi connectivity index (χ2v) is 8.79. The van der Waals surface area contributed by atoms with Gasteiger partial charge in [-0.05, 0) is 31.2 Å². The minimum atomic E-state index is -0.595. The van der Waals surface area contributed by atoms with Gasteiger partial charge in [-0.3, -0.25) is 4.98 Å². The first-order valence-electron chi connectivity index (χ1n) is 10.7. The Morgan fingerprint density at radius 3 is 2.82 bits per heavy atom. The first kappa shape index (κ1) is 24.2.